The molecule has 1 N–H and O–H groups in total. The van der Waals surface area contributed by atoms with Crippen molar-refractivity contribution in [1.29, 1.82) is 0 Å². The molecule has 108 valence electrons. The molecular weight excluding hydrogens is 242 g/mol. The van der Waals surface area contributed by atoms with Crippen LogP contribution < -0.4 is 5.32 Å². The number of nitrogens with one attached hydrogen (secondary N) is 1. The zero-order valence-corrected chi connectivity index (χ0v) is 13.0. The molecule has 2 aromatic rings. The fraction of sp³-hybridized carbons (Fsp3) is 0.474. The average Bonchev–Trinajstić information content (AvgIpc) is 2.47. The lowest BCUT2D eigenvalue weighted by Crippen LogP contribution is -2.28. The SMILES string of the molecule is CCCCCC(C)NC(C)c1ccc2ccccc2c1. The molecule has 2 unspecified atom stereocenters. The fourth-order valence-electron chi connectivity index (χ4n) is 2.78. The summed E-state index contributed by atoms with van der Waals surface area (Å²) in [5.41, 5.74) is 1.38. The molecule has 20 heavy (non-hydrogen) atoms. The predicted molar refractivity (Wildman–Crippen MR) is 89.1 cm³/mol. The van der Waals surface area contributed by atoms with Crippen LogP contribution in [0.4, 0.5) is 0 Å². The topological polar surface area (TPSA) is 12.0 Å². The highest BCUT2D eigenvalue weighted by Crippen LogP contribution is 2.21. The molecule has 0 heterocycles. The summed E-state index contributed by atoms with van der Waals surface area (Å²) >= 11 is 0. The molecular formula is C19H27N. The molecule has 0 aliphatic heterocycles. The van der Waals surface area contributed by atoms with Crippen LogP contribution in [0.2, 0.25) is 0 Å². The highest BCUT2D eigenvalue weighted by molar-refractivity contribution is 5.83. The van der Waals surface area contributed by atoms with Crippen molar-refractivity contribution < 1.29 is 0 Å². The normalized spacial score (nSPS) is 14.3. The van der Waals surface area contributed by atoms with E-state index in [1.807, 2.05) is 0 Å². The Balaban J connectivity index is 1.98. The van der Waals surface area contributed by atoms with Gasteiger partial charge in [-0.15, -0.1) is 0 Å². The first kappa shape index (κ1) is 15.1. The minimum atomic E-state index is 0.413. The zero-order valence-electron chi connectivity index (χ0n) is 13.0. The van der Waals surface area contributed by atoms with Crippen LogP contribution in [-0.2, 0) is 0 Å². The number of benzene rings is 2. The Labute approximate surface area is 123 Å². The van der Waals surface area contributed by atoms with Gasteiger partial charge in [0, 0.05) is 12.1 Å². The Morgan fingerprint density at radius 1 is 0.950 bits per heavy atom. The van der Waals surface area contributed by atoms with Gasteiger partial charge in [0.2, 0.25) is 0 Å². The minimum absolute atomic E-state index is 0.413. The molecule has 0 spiro atoms. The Kier molecular flexibility index (Phi) is 5.60. The number of hydrogen-bond acceptors (Lipinski definition) is 1. The maximum Gasteiger partial charge on any atom is 0.0294 e. The van der Waals surface area contributed by atoms with E-state index in [4.69, 9.17) is 0 Å². The van der Waals surface area contributed by atoms with Crippen molar-refractivity contribution in [3.63, 3.8) is 0 Å². The van der Waals surface area contributed by atoms with Gasteiger partial charge in [0.05, 0.1) is 0 Å². The van der Waals surface area contributed by atoms with E-state index in [2.05, 4.69) is 68.6 Å². The number of hydrogen-bond donors (Lipinski definition) is 1. The van der Waals surface area contributed by atoms with Crippen LogP contribution in [0.1, 0.15) is 58.1 Å². The second-order valence-corrected chi connectivity index (χ2v) is 5.89. The van der Waals surface area contributed by atoms with Gasteiger partial charge < -0.3 is 5.32 Å². The van der Waals surface area contributed by atoms with Gasteiger partial charge in [-0.3, -0.25) is 0 Å². The highest BCUT2D eigenvalue weighted by atomic mass is 14.9. The van der Waals surface area contributed by atoms with E-state index >= 15 is 0 Å². The fourth-order valence-corrected chi connectivity index (χ4v) is 2.78. The minimum Gasteiger partial charge on any atom is -0.308 e. The summed E-state index contributed by atoms with van der Waals surface area (Å²) in [7, 11) is 0. The Morgan fingerprint density at radius 2 is 1.70 bits per heavy atom. The third kappa shape index (κ3) is 4.08. The first-order valence-electron chi connectivity index (χ1n) is 7.95. The van der Waals surface area contributed by atoms with Crippen molar-refractivity contribution in [3.05, 3.63) is 48.0 Å². The monoisotopic (exact) mass is 269 g/mol. The molecule has 1 heteroatoms. The number of fused-ring (bicyclic) bond motifs is 1. The molecule has 0 aromatic heterocycles. The summed E-state index contributed by atoms with van der Waals surface area (Å²) < 4.78 is 0. The van der Waals surface area contributed by atoms with Crippen LogP contribution in [0.25, 0.3) is 10.8 Å². The molecule has 0 bridgehead atoms. The Hall–Kier alpha value is -1.34. The van der Waals surface area contributed by atoms with Crippen molar-refractivity contribution >= 4 is 10.8 Å². The second-order valence-electron chi connectivity index (χ2n) is 5.89. The van der Waals surface area contributed by atoms with Gasteiger partial charge in [0.25, 0.3) is 0 Å². The van der Waals surface area contributed by atoms with Crippen molar-refractivity contribution in [1.82, 2.24) is 5.32 Å². The first-order valence-corrected chi connectivity index (χ1v) is 7.95. The maximum atomic E-state index is 3.72. The van der Waals surface area contributed by atoms with Crippen LogP contribution >= 0.6 is 0 Å². The van der Waals surface area contributed by atoms with Gasteiger partial charge in [0.1, 0.15) is 0 Å². The van der Waals surface area contributed by atoms with E-state index in [0.29, 0.717) is 12.1 Å². The van der Waals surface area contributed by atoms with Crippen LogP contribution in [0.5, 0.6) is 0 Å². The predicted octanol–water partition coefficient (Wildman–Crippen LogP) is 5.46. The van der Waals surface area contributed by atoms with E-state index in [9.17, 15) is 0 Å². The second kappa shape index (κ2) is 7.44. The zero-order chi connectivity index (χ0) is 14.4. The van der Waals surface area contributed by atoms with E-state index in [-0.39, 0.29) is 0 Å². The molecule has 0 fully saturated rings. The molecule has 2 atom stereocenters. The molecule has 0 amide bonds. The van der Waals surface area contributed by atoms with Gasteiger partial charge in [-0.2, -0.15) is 0 Å². The van der Waals surface area contributed by atoms with Gasteiger partial charge in [-0.1, -0.05) is 62.6 Å². The summed E-state index contributed by atoms with van der Waals surface area (Å²) in [5, 5.41) is 6.37. The summed E-state index contributed by atoms with van der Waals surface area (Å²) in [6.07, 6.45) is 5.24. The van der Waals surface area contributed by atoms with Gasteiger partial charge in [-0.25, -0.2) is 0 Å². The van der Waals surface area contributed by atoms with Crippen molar-refractivity contribution in [2.75, 3.05) is 0 Å². The summed E-state index contributed by atoms with van der Waals surface area (Å²) in [5.74, 6) is 0. The highest BCUT2D eigenvalue weighted by Gasteiger charge is 2.09. The summed E-state index contributed by atoms with van der Waals surface area (Å²) in [6.45, 7) is 6.82. The van der Waals surface area contributed by atoms with E-state index < -0.39 is 0 Å². The molecule has 0 saturated heterocycles. The largest absolute Gasteiger partial charge is 0.308 e. The van der Waals surface area contributed by atoms with E-state index in [1.54, 1.807) is 0 Å². The van der Waals surface area contributed by atoms with Crippen LogP contribution in [0.3, 0.4) is 0 Å². The van der Waals surface area contributed by atoms with Gasteiger partial charge in [-0.05, 0) is 42.7 Å². The average molecular weight is 269 g/mol. The van der Waals surface area contributed by atoms with Crippen molar-refractivity contribution in [2.45, 2.75) is 58.5 Å². The quantitative estimate of drug-likeness (QED) is 0.658. The Morgan fingerprint density at radius 3 is 2.45 bits per heavy atom. The molecule has 0 aliphatic carbocycles. The number of rotatable bonds is 7. The van der Waals surface area contributed by atoms with Crippen molar-refractivity contribution in [3.8, 4) is 0 Å². The van der Waals surface area contributed by atoms with Gasteiger partial charge >= 0.3 is 0 Å². The molecule has 0 aliphatic rings. The van der Waals surface area contributed by atoms with Crippen LogP contribution in [0, 0.1) is 0 Å². The van der Waals surface area contributed by atoms with Crippen LogP contribution in [-0.4, -0.2) is 6.04 Å². The smallest absolute Gasteiger partial charge is 0.0294 e. The lowest BCUT2D eigenvalue weighted by atomic mass is 10.0. The van der Waals surface area contributed by atoms with Crippen molar-refractivity contribution in [2.24, 2.45) is 0 Å². The summed E-state index contributed by atoms with van der Waals surface area (Å²) in [6, 6.07) is 16.4. The molecule has 1 nitrogen and oxygen atoms in total. The van der Waals surface area contributed by atoms with Crippen LogP contribution in [0.15, 0.2) is 42.5 Å². The standard InChI is InChI=1S/C19H27N/c1-4-5-6-9-15(2)20-16(3)18-13-12-17-10-7-8-11-19(17)14-18/h7-8,10-16,20H,4-6,9H2,1-3H3. The first-order chi connectivity index (χ1) is 9.70. The summed E-state index contributed by atoms with van der Waals surface area (Å²) in [4.78, 5) is 0. The van der Waals surface area contributed by atoms with E-state index in [1.165, 1.54) is 42.0 Å². The molecule has 0 radical (unpaired) electrons. The number of unbranched alkanes of at least 4 members (excludes halogenated alkanes) is 2. The van der Waals surface area contributed by atoms with E-state index in [0.717, 1.165) is 0 Å². The lowest BCUT2D eigenvalue weighted by Gasteiger charge is -2.20. The molecule has 2 rings (SSSR count). The third-order valence-electron chi connectivity index (χ3n) is 4.05. The molecule has 0 saturated carbocycles. The van der Waals surface area contributed by atoms with Gasteiger partial charge in [0.15, 0.2) is 0 Å². The maximum absolute atomic E-state index is 3.72. The Bertz CT molecular complexity index is 532. The third-order valence-corrected chi connectivity index (χ3v) is 4.05. The lowest BCUT2D eigenvalue weighted by molar-refractivity contribution is 0.440. The molecule has 2 aromatic carbocycles.